The lowest BCUT2D eigenvalue weighted by Gasteiger charge is -2.47. The van der Waals surface area contributed by atoms with E-state index in [0.717, 1.165) is 4.31 Å². The molecule has 0 aliphatic carbocycles. The predicted molar refractivity (Wildman–Crippen MR) is 69.6 cm³/mol. The van der Waals surface area contributed by atoms with E-state index in [1.165, 1.54) is 13.1 Å². The van der Waals surface area contributed by atoms with Gasteiger partial charge in [0.1, 0.15) is 11.9 Å². The minimum Gasteiger partial charge on any atom is -0.378 e. The van der Waals surface area contributed by atoms with Crippen molar-refractivity contribution in [2.24, 2.45) is 5.92 Å². The summed E-state index contributed by atoms with van der Waals surface area (Å²) in [5, 5.41) is 0. The highest BCUT2D eigenvalue weighted by molar-refractivity contribution is 7.84. The van der Waals surface area contributed by atoms with Gasteiger partial charge in [0, 0.05) is 18.5 Å². The summed E-state index contributed by atoms with van der Waals surface area (Å²) >= 11 is 0. The van der Waals surface area contributed by atoms with E-state index < -0.39 is 27.8 Å². The maximum Gasteiger partial charge on any atom is 0.339 e. The Morgan fingerprint density at radius 1 is 1.35 bits per heavy atom. The van der Waals surface area contributed by atoms with Gasteiger partial charge in [0.05, 0.1) is 18.8 Å². The van der Waals surface area contributed by atoms with E-state index in [1.807, 2.05) is 0 Å². The molecule has 0 aromatic heterocycles. The van der Waals surface area contributed by atoms with E-state index in [9.17, 15) is 12.8 Å². The van der Waals surface area contributed by atoms with Gasteiger partial charge in [0.15, 0.2) is 0 Å². The number of benzene rings is 1. The van der Waals surface area contributed by atoms with Crippen LogP contribution in [0.15, 0.2) is 24.3 Å². The van der Waals surface area contributed by atoms with Crippen molar-refractivity contribution in [3.8, 4) is 0 Å². The average Bonchev–Trinajstić information content (AvgIpc) is 2.84. The Bertz CT molecular complexity index is 635. The van der Waals surface area contributed by atoms with Crippen molar-refractivity contribution in [1.29, 1.82) is 0 Å². The highest BCUT2D eigenvalue weighted by Crippen LogP contribution is 2.46. The van der Waals surface area contributed by atoms with Gasteiger partial charge in [-0.1, -0.05) is 18.2 Å². The summed E-state index contributed by atoms with van der Waals surface area (Å²) in [7, 11) is -2.49. The SMILES string of the molecule is CN1[C@](C)(c2ccccc2F)[C@H]2COC[C@H]2OS1(=O)=O. The molecule has 1 aromatic carbocycles. The summed E-state index contributed by atoms with van der Waals surface area (Å²) in [6.45, 7) is 2.27. The molecule has 5 nitrogen and oxygen atoms in total. The Hall–Kier alpha value is -1.02. The molecule has 2 aliphatic rings. The lowest BCUT2D eigenvalue weighted by molar-refractivity contribution is 0.0158. The summed E-state index contributed by atoms with van der Waals surface area (Å²) in [5.41, 5.74) is -0.682. The molecule has 0 spiro atoms. The molecule has 2 fully saturated rings. The molecule has 0 amide bonds. The van der Waals surface area contributed by atoms with Crippen molar-refractivity contribution in [3.63, 3.8) is 0 Å². The Labute approximate surface area is 117 Å². The molecule has 0 saturated carbocycles. The van der Waals surface area contributed by atoms with Crippen LogP contribution in [-0.4, -0.2) is 39.1 Å². The molecular weight excluding hydrogens is 285 g/mol. The molecule has 0 bridgehead atoms. The Morgan fingerprint density at radius 3 is 2.75 bits per heavy atom. The summed E-state index contributed by atoms with van der Waals surface area (Å²) in [6.07, 6.45) is -0.569. The molecule has 3 atom stereocenters. The molecule has 0 N–H and O–H groups in total. The van der Waals surface area contributed by atoms with E-state index in [4.69, 9.17) is 8.92 Å². The summed E-state index contributed by atoms with van der Waals surface area (Å²) in [5.74, 6) is -0.669. The van der Waals surface area contributed by atoms with Crippen LogP contribution in [0.5, 0.6) is 0 Å². The maximum atomic E-state index is 14.2. The van der Waals surface area contributed by atoms with Crippen LogP contribution in [0.25, 0.3) is 0 Å². The molecular formula is C13H16FNO4S. The fourth-order valence-electron chi connectivity index (χ4n) is 3.08. The fourth-order valence-corrected chi connectivity index (χ4v) is 4.41. The van der Waals surface area contributed by atoms with Gasteiger partial charge in [-0.15, -0.1) is 0 Å². The van der Waals surface area contributed by atoms with Crippen molar-refractivity contribution in [3.05, 3.63) is 35.6 Å². The van der Waals surface area contributed by atoms with Crippen molar-refractivity contribution in [2.75, 3.05) is 20.3 Å². The molecule has 110 valence electrons. The van der Waals surface area contributed by atoms with Gasteiger partial charge in [-0.2, -0.15) is 12.7 Å². The number of rotatable bonds is 1. The van der Waals surface area contributed by atoms with Gasteiger partial charge >= 0.3 is 10.3 Å². The first-order valence-corrected chi connectivity index (χ1v) is 7.74. The smallest absolute Gasteiger partial charge is 0.339 e. The first-order chi connectivity index (χ1) is 9.37. The molecule has 2 saturated heterocycles. The van der Waals surface area contributed by atoms with E-state index in [1.54, 1.807) is 25.1 Å². The monoisotopic (exact) mass is 301 g/mol. The van der Waals surface area contributed by atoms with Gasteiger partial charge in [-0.3, -0.25) is 4.18 Å². The molecule has 7 heteroatoms. The molecule has 0 unspecified atom stereocenters. The van der Waals surface area contributed by atoms with Crippen molar-refractivity contribution >= 4 is 10.3 Å². The molecule has 20 heavy (non-hydrogen) atoms. The normalized spacial score (nSPS) is 36.8. The van der Waals surface area contributed by atoms with Gasteiger partial charge in [0.25, 0.3) is 0 Å². The van der Waals surface area contributed by atoms with Crippen LogP contribution in [0, 0.1) is 11.7 Å². The van der Waals surface area contributed by atoms with E-state index in [2.05, 4.69) is 0 Å². The highest BCUT2D eigenvalue weighted by atomic mass is 32.2. The zero-order chi connectivity index (χ0) is 14.5. The second-order valence-corrected chi connectivity index (χ2v) is 6.93. The Balaban J connectivity index is 2.19. The fraction of sp³-hybridized carbons (Fsp3) is 0.538. The van der Waals surface area contributed by atoms with Gasteiger partial charge in [0.2, 0.25) is 0 Å². The van der Waals surface area contributed by atoms with E-state index in [0.29, 0.717) is 12.2 Å². The minimum atomic E-state index is -3.90. The van der Waals surface area contributed by atoms with Crippen LogP contribution in [0.3, 0.4) is 0 Å². The van der Waals surface area contributed by atoms with Crippen LogP contribution in [-0.2, 0) is 24.8 Å². The van der Waals surface area contributed by atoms with Gasteiger partial charge in [-0.25, -0.2) is 4.39 Å². The zero-order valence-corrected chi connectivity index (χ0v) is 12.1. The Morgan fingerprint density at radius 2 is 2.05 bits per heavy atom. The largest absolute Gasteiger partial charge is 0.378 e. The third-order valence-corrected chi connectivity index (χ3v) is 5.94. The standard InChI is InChI=1S/C13H16FNO4S/c1-13(9-5-3-4-6-11(9)14)10-7-18-8-12(10)19-20(16,17)15(13)2/h3-6,10,12H,7-8H2,1-2H3/t10-,12+,13+/m0/s1. The topological polar surface area (TPSA) is 55.8 Å². The van der Waals surface area contributed by atoms with Crippen LogP contribution < -0.4 is 0 Å². The van der Waals surface area contributed by atoms with Crippen molar-refractivity contribution < 1.29 is 21.7 Å². The van der Waals surface area contributed by atoms with E-state index >= 15 is 0 Å². The summed E-state index contributed by atoms with van der Waals surface area (Å²) in [6, 6.07) is 6.23. The number of hydrogen-bond donors (Lipinski definition) is 0. The molecule has 2 aliphatic heterocycles. The number of ether oxygens (including phenoxy) is 1. The van der Waals surface area contributed by atoms with Gasteiger partial charge in [-0.05, 0) is 13.0 Å². The first kappa shape index (κ1) is 13.9. The number of halogens is 1. The van der Waals surface area contributed by atoms with Crippen LogP contribution in [0.1, 0.15) is 12.5 Å². The second kappa shape index (κ2) is 4.49. The Kier molecular flexibility index (Phi) is 3.13. The molecule has 0 radical (unpaired) electrons. The summed E-state index contributed by atoms with van der Waals surface area (Å²) < 4.78 is 50.1. The lowest BCUT2D eigenvalue weighted by Crippen LogP contribution is -2.59. The molecule has 1 aromatic rings. The van der Waals surface area contributed by atoms with E-state index in [-0.39, 0.29) is 12.5 Å². The molecule has 3 rings (SSSR count). The third kappa shape index (κ3) is 1.81. The van der Waals surface area contributed by atoms with Gasteiger partial charge < -0.3 is 4.74 Å². The predicted octanol–water partition coefficient (Wildman–Crippen LogP) is 1.26. The first-order valence-electron chi connectivity index (χ1n) is 6.37. The minimum absolute atomic E-state index is 0.210. The van der Waals surface area contributed by atoms with Crippen molar-refractivity contribution in [2.45, 2.75) is 18.6 Å². The maximum absolute atomic E-state index is 14.2. The van der Waals surface area contributed by atoms with Crippen molar-refractivity contribution in [1.82, 2.24) is 4.31 Å². The highest BCUT2D eigenvalue weighted by Gasteiger charge is 2.57. The number of fused-ring (bicyclic) bond motifs is 1. The van der Waals surface area contributed by atoms with Crippen LogP contribution in [0.2, 0.25) is 0 Å². The van der Waals surface area contributed by atoms with Crippen LogP contribution >= 0.6 is 0 Å². The quantitative estimate of drug-likeness (QED) is 0.784. The van der Waals surface area contributed by atoms with Crippen LogP contribution in [0.4, 0.5) is 4.39 Å². The number of hydrogen-bond acceptors (Lipinski definition) is 4. The lowest BCUT2D eigenvalue weighted by atomic mass is 9.77. The number of nitrogens with zero attached hydrogens (tertiary/aromatic N) is 1. The summed E-state index contributed by atoms with van der Waals surface area (Å²) in [4.78, 5) is 0. The average molecular weight is 301 g/mol. The zero-order valence-electron chi connectivity index (χ0n) is 11.2. The second-order valence-electron chi connectivity index (χ2n) is 5.33. The third-order valence-electron chi connectivity index (χ3n) is 4.40. The molecule has 2 heterocycles.